The molecule has 2 heterocycles. The van der Waals surface area contributed by atoms with Crippen molar-refractivity contribution in [3.8, 4) is 0 Å². The molecule has 8 heteroatoms. The van der Waals surface area contributed by atoms with Crippen molar-refractivity contribution < 1.29 is 18.3 Å². The van der Waals surface area contributed by atoms with Crippen molar-refractivity contribution >= 4 is 27.3 Å². The number of sulfonamides is 1. The number of H-pyrrole nitrogens is 1. The molecule has 0 aliphatic rings. The number of thiophene rings is 1. The number of rotatable bonds is 5. The lowest BCUT2D eigenvalue weighted by Crippen LogP contribution is -2.23. The highest BCUT2D eigenvalue weighted by Gasteiger charge is 2.26. The van der Waals surface area contributed by atoms with Crippen molar-refractivity contribution in [2.45, 2.75) is 25.3 Å². The van der Waals surface area contributed by atoms with E-state index >= 15 is 0 Å². The van der Waals surface area contributed by atoms with Crippen LogP contribution in [0.15, 0.2) is 22.4 Å². The number of carbonyl (C=O) groups is 1. The summed E-state index contributed by atoms with van der Waals surface area (Å²) in [6.45, 7) is 3.21. The zero-order valence-electron chi connectivity index (χ0n) is 10.9. The van der Waals surface area contributed by atoms with Gasteiger partial charge in [0, 0.05) is 22.7 Å². The topological polar surface area (TPSA) is 99.3 Å². The van der Waals surface area contributed by atoms with Crippen LogP contribution < -0.4 is 4.72 Å². The summed E-state index contributed by atoms with van der Waals surface area (Å²) in [5.41, 5.74) is 0.436. The molecule has 0 saturated carbocycles. The van der Waals surface area contributed by atoms with Crippen molar-refractivity contribution in [3.05, 3.63) is 39.3 Å². The Morgan fingerprint density at radius 1 is 1.45 bits per heavy atom. The third-order valence-corrected chi connectivity index (χ3v) is 5.42. The Balaban J connectivity index is 2.32. The molecule has 0 fully saturated rings. The zero-order chi connectivity index (χ0) is 14.9. The van der Waals surface area contributed by atoms with Gasteiger partial charge in [0.2, 0.25) is 10.0 Å². The number of carboxylic acids is 1. The zero-order valence-corrected chi connectivity index (χ0v) is 12.6. The minimum absolute atomic E-state index is 0.00598. The molecule has 0 aromatic carbocycles. The first kappa shape index (κ1) is 14.8. The van der Waals surface area contributed by atoms with Gasteiger partial charge in [-0.2, -0.15) is 0 Å². The number of nitrogens with one attached hydrogen (secondary N) is 2. The number of carboxylic acid groups (broad SMARTS) is 1. The molecular weight excluding hydrogens is 300 g/mol. The Bertz CT molecular complexity index is 730. The molecule has 0 atom stereocenters. The maximum atomic E-state index is 12.3. The van der Waals surface area contributed by atoms with Crippen molar-refractivity contribution in [3.63, 3.8) is 0 Å². The minimum atomic E-state index is -3.75. The van der Waals surface area contributed by atoms with E-state index in [1.165, 1.54) is 18.3 Å². The van der Waals surface area contributed by atoms with E-state index in [4.69, 9.17) is 5.11 Å². The maximum absolute atomic E-state index is 12.3. The normalized spacial score (nSPS) is 11.7. The fourth-order valence-corrected chi connectivity index (χ4v) is 4.19. The van der Waals surface area contributed by atoms with Crippen LogP contribution in [0.3, 0.4) is 0 Å². The fraction of sp³-hybridized carbons (Fsp3) is 0.250. The second-order valence-electron chi connectivity index (χ2n) is 4.29. The van der Waals surface area contributed by atoms with E-state index < -0.39 is 16.0 Å². The molecule has 3 N–H and O–H groups in total. The molecule has 0 unspecified atom stereocenters. The molecule has 0 radical (unpaired) electrons. The second kappa shape index (κ2) is 5.39. The Morgan fingerprint density at radius 3 is 2.65 bits per heavy atom. The average molecular weight is 314 g/mol. The van der Waals surface area contributed by atoms with Crippen LogP contribution >= 0.6 is 11.3 Å². The number of aromatic nitrogens is 1. The first-order chi connectivity index (χ1) is 9.33. The van der Waals surface area contributed by atoms with Crippen LogP contribution in [0.1, 0.15) is 26.6 Å². The molecule has 20 heavy (non-hydrogen) atoms. The standard InChI is InChI=1S/C12H14N2O4S2/c1-7-10(12(15)16)14-8(2)11(7)20(17,18)13-6-9-4-3-5-19-9/h3-5,13-14H,6H2,1-2H3,(H,15,16). The summed E-state index contributed by atoms with van der Waals surface area (Å²) >= 11 is 1.45. The predicted molar refractivity (Wildman–Crippen MR) is 75.6 cm³/mol. The van der Waals surface area contributed by atoms with Crippen LogP contribution in [-0.2, 0) is 16.6 Å². The molecule has 0 aliphatic heterocycles. The highest BCUT2D eigenvalue weighted by Crippen LogP contribution is 2.23. The van der Waals surface area contributed by atoms with Gasteiger partial charge in [-0.3, -0.25) is 0 Å². The van der Waals surface area contributed by atoms with Gasteiger partial charge in [-0.25, -0.2) is 17.9 Å². The van der Waals surface area contributed by atoms with Gasteiger partial charge in [0.05, 0.1) is 0 Å². The Morgan fingerprint density at radius 2 is 2.15 bits per heavy atom. The van der Waals surface area contributed by atoms with E-state index in [2.05, 4.69) is 9.71 Å². The summed E-state index contributed by atoms with van der Waals surface area (Å²) in [5.74, 6) is -1.18. The lowest BCUT2D eigenvalue weighted by Gasteiger charge is -2.06. The molecule has 2 aromatic heterocycles. The highest BCUT2D eigenvalue weighted by atomic mass is 32.2. The van der Waals surface area contributed by atoms with Gasteiger partial charge in [-0.15, -0.1) is 11.3 Å². The maximum Gasteiger partial charge on any atom is 0.352 e. The van der Waals surface area contributed by atoms with Gasteiger partial charge in [0.15, 0.2) is 0 Å². The summed E-state index contributed by atoms with van der Waals surface area (Å²) in [6, 6.07) is 3.66. The fourth-order valence-electron chi connectivity index (χ4n) is 2.00. The predicted octanol–water partition coefficient (Wildman–Crippen LogP) is 1.87. The van der Waals surface area contributed by atoms with Crippen LogP contribution in [0.5, 0.6) is 0 Å². The number of aromatic carboxylic acids is 1. The number of aryl methyl sites for hydroxylation is 1. The lowest BCUT2D eigenvalue weighted by molar-refractivity contribution is 0.0690. The second-order valence-corrected chi connectivity index (χ2v) is 7.02. The van der Waals surface area contributed by atoms with Gasteiger partial charge < -0.3 is 10.1 Å². The van der Waals surface area contributed by atoms with Crippen molar-refractivity contribution in [2.24, 2.45) is 0 Å². The van der Waals surface area contributed by atoms with E-state index in [9.17, 15) is 13.2 Å². The van der Waals surface area contributed by atoms with Crippen LogP contribution in [0, 0.1) is 13.8 Å². The Kier molecular flexibility index (Phi) is 3.98. The molecular formula is C12H14N2O4S2. The number of hydrogen-bond acceptors (Lipinski definition) is 4. The summed E-state index contributed by atoms with van der Waals surface area (Å²) in [5, 5.41) is 10.9. The smallest absolute Gasteiger partial charge is 0.352 e. The third-order valence-electron chi connectivity index (χ3n) is 2.87. The van der Waals surface area contributed by atoms with Crippen LogP contribution in [0.4, 0.5) is 0 Å². The molecule has 0 amide bonds. The van der Waals surface area contributed by atoms with Crippen molar-refractivity contribution in [1.29, 1.82) is 0 Å². The SMILES string of the molecule is Cc1[nH]c(C(=O)O)c(C)c1S(=O)(=O)NCc1cccs1. The monoisotopic (exact) mass is 314 g/mol. The van der Waals surface area contributed by atoms with Gasteiger partial charge in [0.25, 0.3) is 0 Å². The van der Waals surface area contributed by atoms with Crippen molar-refractivity contribution in [1.82, 2.24) is 9.71 Å². The van der Waals surface area contributed by atoms with Gasteiger partial charge in [-0.1, -0.05) is 6.07 Å². The number of aromatic amines is 1. The largest absolute Gasteiger partial charge is 0.477 e. The summed E-state index contributed by atoms with van der Waals surface area (Å²) in [4.78, 5) is 14.5. The van der Waals surface area contributed by atoms with Crippen LogP contribution in [0.25, 0.3) is 0 Å². The van der Waals surface area contributed by atoms with Gasteiger partial charge in [-0.05, 0) is 25.3 Å². The van der Waals surface area contributed by atoms with E-state index in [0.29, 0.717) is 5.69 Å². The Hall–Kier alpha value is -1.64. The number of hydrogen-bond donors (Lipinski definition) is 3. The van der Waals surface area contributed by atoms with E-state index in [-0.39, 0.29) is 22.7 Å². The molecule has 0 spiro atoms. The lowest BCUT2D eigenvalue weighted by atomic mass is 10.2. The quantitative estimate of drug-likeness (QED) is 0.784. The Labute approximate surface area is 120 Å². The first-order valence-corrected chi connectivity index (χ1v) is 8.13. The van der Waals surface area contributed by atoms with E-state index in [1.807, 2.05) is 17.5 Å². The van der Waals surface area contributed by atoms with Crippen LogP contribution in [-0.4, -0.2) is 24.5 Å². The molecule has 0 bridgehead atoms. The molecule has 0 aliphatic carbocycles. The molecule has 6 nitrogen and oxygen atoms in total. The van der Waals surface area contributed by atoms with E-state index in [1.54, 1.807) is 6.92 Å². The summed E-state index contributed by atoms with van der Waals surface area (Å²) in [6.07, 6.45) is 0. The van der Waals surface area contributed by atoms with Gasteiger partial charge in [0.1, 0.15) is 10.6 Å². The van der Waals surface area contributed by atoms with Gasteiger partial charge >= 0.3 is 5.97 Å². The molecule has 2 rings (SSSR count). The first-order valence-electron chi connectivity index (χ1n) is 5.77. The molecule has 108 valence electrons. The molecule has 2 aromatic rings. The molecule has 0 saturated heterocycles. The van der Waals surface area contributed by atoms with Crippen molar-refractivity contribution in [2.75, 3.05) is 0 Å². The average Bonchev–Trinajstić information content (AvgIpc) is 2.95. The highest BCUT2D eigenvalue weighted by molar-refractivity contribution is 7.89. The third kappa shape index (κ3) is 2.77. The van der Waals surface area contributed by atoms with Crippen LogP contribution in [0.2, 0.25) is 0 Å². The minimum Gasteiger partial charge on any atom is -0.477 e. The summed E-state index contributed by atoms with van der Waals surface area (Å²) < 4.78 is 27.1. The van der Waals surface area contributed by atoms with E-state index in [0.717, 1.165) is 4.88 Å². The summed E-state index contributed by atoms with van der Waals surface area (Å²) in [7, 11) is -3.75.